The summed E-state index contributed by atoms with van der Waals surface area (Å²) in [6.45, 7) is 0. The number of para-hydroxylation sites is 1. The summed E-state index contributed by atoms with van der Waals surface area (Å²) in [4.78, 5) is 12.2. The van der Waals surface area contributed by atoms with Crippen molar-refractivity contribution in [2.75, 3.05) is 4.90 Å². The molecule has 0 unspecified atom stereocenters. The topological polar surface area (TPSA) is 34.0 Å². The Labute approximate surface area is 336 Å². The number of rotatable bonds is 7. The Morgan fingerprint density at radius 2 is 0.931 bits per heavy atom. The van der Waals surface area contributed by atoms with Crippen molar-refractivity contribution >= 4 is 60.7 Å². The minimum atomic E-state index is 0.605. The number of aromatic nitrogens is 3. The van der Waals surface area contributed by atoms with Crippen molar-refractivity contribution in [3.63, 3.8) is 0 Å². The molecule has 0 bridgehead atoms. The first-order valence-corrected chi connectivity index (χ1v) is 19.7. The van der Waals surface area contributed by atoms with Crippen LogP contribution in [0.4, 0.5) is 17.3 Å². The van der Waals surface area contributed by atoms with Crippen LogP contribution in [-0.4, -0.2) is 14.5 Å². The molecule has 0 aliphatic rings. The van der Waals surface area contributed by atoms with Crippen LogP contribution < -0.4 is 4.90 Å². The van der Waals surface area contributed by atoms with Gasteiger partial charge in [-0.05, 0) is 75.0 Å². The molecular weight excluding hydrogens is 705 g/mol. The van der Waals surface area contributed by atoms with E-state index in [1.165, 1.54) is 38.3 Å². The smallest absolute Gasteiger partial charge is 0.234 e. The first-order valence-electron chi connectivity index (χ1n) is 19.7. The number of anilines is 3. The van der Waals surface area contributed by atoms with Crippen molar-refractivity contribution in [3.05, 3.63) is 219 Å². The lowest BCUT2D eigenvalue weighted by molar-refractivity contribution is 1.09. The van der Waals surface area contributed by atoms with Crippen molar-refractivity contribution < 1.29 is 0 Å². The minimum Gasteiger partial charge on any atom is -0.309 e. The molecule has 11 aromatic rings. The fraction of sp³-hybridized carbons (Fsp3) is 0. The van der Waals surface area contributed by atoms with Crippen molar-refractivity contribution in [2.24, 2.45) is 0 Å². The van der Waals surface area contributed by atoms with Gasteiger partial charge in [-0.15, -0.1) is 0 Å². The summed E-state index contributed by atoms with van der Waals surface area (Å²) in [5.74, 6) is 0.605. The highest BCUT2D eigenvalue weighted by molar-refractivity contribution is 6.12. The van der Waals surface area contributed by atoms with E-state index in [1.807, 2.05) is 30.6 Å². The quantitative estimate of drug-likeness (QED) is 0.163. The van der Waals surface area contributed by atoms with Crippen LogP contribution in [0.25, 0.3) is 82.4 Å². The van der Waals surface area contributed by atoms with E-state index in [9.17, 15) is 0 Å². The van der Waals surface area contributed by atoms with E-state index in [1.54, 1.807) is 0 Å². The second kappa shape index (κ2) is 14.0. The Kier molecular flexibility index (Phi) is 8.11. The van der Waals surface area contributed by atoms with Crippen LogP contribution in [0.5, 0.6) is 0 Å². The Morgan fingerprint density at radius 1 is 0.362 bits per heavy atom. The first kappa shape index (κ1) is 33.5. The van der Waals surface area contributed by atoms with Gasteiger partial charge in [-0.2, -0.15) is 0 Å². The molecule has 0 spiro atoms. The van der Waals surface area contributed by atoms with Crippen LogP contribution in [0.2, 0.25) is 0 Å². The lowest BCUT2D eigenvalue weighted by Crippen LogP contribution is -2.13. The van der Waals surface area contributed by atoms with Crippen LogP contribution >= 0.6 is 0 Å². The fourth-order valence-electron chi connectivity index (χ4n) is 8.58. The molecule has 0 radical (unpaired) electrons. The lowest BCUT2D eigenvalue weighted by Gasteiger charge is -2.25. The second-order valence-electron chi connectivity index (χ2n) is 14.7. The third-order valence-electron chi connectivity index (χ3n) is 11.3. The standard InChI is InChI=1S/C54H36N4/c1-2-15-37(16-3-1)42-35-55-54(56-36-42)57(50-29-13-19-38-17-4-6-25-46(38)50)43-22-12-21-40(33-43)44-23-8-9-24-45(44)41-31-32-49-48-27-10-11-28-52(48)58(53(49)34-41)51-30-14-20-39-18-5-7-26-47(39)51/h1-36H. The molecule has 0 aliphatic heterocycles. The van der Waals surface area contributed by atoms with E-state index in [0.29, 0.717) is 5.95 Å². The second-order valence-corrected chi connectivity index (χ2v) is 14.7. The largest absolute Gasteiger partial charge is 0.309 e. The highest BCUT2D eigenvalue weighted by Crippen LogP contribution is 2.42. The highest BCUT2D eigenvalue weighted by Gasteiger charge is 2.20. The van der Waals surface area contributed by atoms with E-state index in [0.717, 1.165) is 55.5 Å². The van der Waals surface area contributed by atoms with Gasteiger partial charge >= 0.3 is 0 Å². The molecule has 58 heavy (non-hydrogen) atoms. The molecule has 2 aromatic heterocycles. The van der Waals surface area contributed by atoms with Crippen LogP contribution in [0, 0.1) is 0 Å². The molecule has 0 saturated heterocycles. The first-order chi connectivity index (χ1) is 28.8. The van der Waals surface area contributed by atoms with Gasteiger partial charge < -0.3 is 4.57 Å². The van der Waals surface area contributed by atoms with E-state index in [4.69, 9.17) is 9.97 Å². The summed E-state index contributed by atoms with van der Waals surface area (Å²) in [7, 11) is 0. The summed E-state index contributed by atoms with van der Waals surface area (Å²) >= 11 is 0. The van der Waals surface area contributed by atoms with E-state index in [2.05, 4.69) is 198 Å². The van der Waals surface area contributed by atoms with Crippen molar-refractivity contribution in [1.82, 2.24) is 14.5 Å². The average Bonchev–Trinajstić information content (AvgIpc) is 3.63. The minimum absolute atomic E-state index is 0.605. The highest BCUT2D eigenvalue weighted by atomic mass is 15.3. The van der Waals surface area contributed by atoms with Gasteiger partial charge in [-0.25, -0.2) is 9.97 Å². The van der Waals surface area contributed by atoms with E-state index in [-0.39, 0.29) is 0 Å². The molecule has 0 N–H and O–H groups in total. The SMILES string of the molecule is c1ccc(-c2cnc(N(c3cccc(-c4ccccc4-c4ccc5c6ccccc6n(-c6cccc7ccccc67)c5c4)c3)c3cccc4ccccc34)nc2)cc1. The van der Waals surface area contributed by atoms with Crippen LogP contribution in [0.15, 0.2) is 219 Å². The predicted molar refractivity (Wildman–Crippen MR) is 242 cm³/mol. The Balaban J connectivity index is 1.07. The fourth-order valence-corrected chi connectivity index (χ4v) is 8.58. The maximum atomic E-state index is 4.99. The number of hydrogen-bond acceptors (Lipinski definition) is 3. The number of fused-ring (bicyclic) bond motifs is 5. The third-order valence-corrected chi connectivity index (χ3v) is 11.3. The molecule has 4 nitrogen and oxygen atoms in total. The summed E-state index contributed by atoms with van der Waals surface area (Å²) in [5, 5.41) is 7.21. The lowest BCUT2D eigenvalue weighted by atomic mass is 9.93. The molecule has 4 heteroatoms. The zero-order chi connectivity index (χ0) is 38.4. The Bertz CT molecular complexity index is 3280. The van der Waals surface area contributed by atoms with Gasteiger partial charge in [-0.1, -0.05) is 170 Å². The normalized spacial score (nSPS) is 11.4. The Morgan fingerprint density at radius 3 is 1.72 bits per heavy atom. The summed E-state index contributed by atoms with van der Waals surface area (Å²) in [5.41, 5.74) is 12.2. The van der Waals surface area contributed by atoms with Crippen LogP contribution in [-0.2, 0) is 0 Å². The molecule has 9 aromatic carbocycles. The van der Waals surface area contributed by atoms with Crippen LogP contribution in [0.3, 0.4) is 0 Å². The van der Waals surface area contributed by atoms with Gasteiger partial charge in [-0.3, -0.25) is 4.90 Å². The molecule has 0 atom stereocenters. The molecule has 0 saturated carbocycles. The summed E-state index contributed by atoms with van der Waals surface area (Å²) < 4.78 is 2.44. The Hall–Kier alpha value is -7.82. The number of benzene rings is 9. The summed E-state index contributed by atoms with van der Waals surface area (Å²) in [6, 6.07) is 73.6. The predicted octanol–water partition coefficient (Wildman–Crippen LogP) is 14.4. The number of hydrogen-bond donors (Lipinski definition) is 0. The van der Waals surface area contributed by atoms with Crippen LogP contribution in [0.1, 0.15) is 0 Å². The van der Waals surface area contributed by atoms with Gasteiger partial charge in [0, 0.05) is 45.2 Å². The third kappa shape index (κ3) is 5.70. The maximum Gasteiger partial charge on any atom is 0.234 e. The van der Waals surface area contributed by atoms with Gasteiger partial charge in [0.2, 0.25) is 5.95 Å². The van der Waals surface area contributed by atoms with Gasteiger partial charge in [0.15, 0.2) is 0 Å². The molecule has 272 valence electrons. The molecule has 0 aliphatic carbocycles. The van der Waals surface area contributed by atoms with Gasteiger partial charge in [0.05, 0.1) is 22.4 Å². The molecular formula is C54H36N4. The van der Waals surface area contributed by atoms with E-state index < -0.39 is 0 Å². The van der Waals surface area contributed by atoms with Gasteiger partial charge in [0.1, 0.15) is 0 Å². The molecule has 2 heterocycles. The average molecular weight is 741 g/mol. The van der Waals surface area contributed by atoms with Gasteiger partial charge in [0.25, 0.3) is 0 Å². The zero-order valence-electron chi connectivity index (χ0n) is 31.6. The molecule has 11 rings (SSSR count). The molecule has 0 fully saturated rings. The van der Waals surface area contributed by atoms with Crippen molar-refractivity contribution in [2.45, 2.75) is 0 Å². The molecule has 0 amide bonds. The maximum absolute atomic E-state index is 4.99. The van der Waals surface area contributed by atoms with E-state index >= 15 is 0 Å². The zero-order valence-corrected chi connectivity index (χ0v) is 31.6. The van der Waals surface area contributed by atoms with Crippen molar-refractivity contribution in [3.8, 4) is 39.1 Å². The monoisotopic (exact) mass is 740 g/mol. The number of nitrogens with zero attached hydrogens (tertiary/aromatic N) is 4. The van der Waals surface area contributed by atoms with Crippen molar-refractivity contribution in [1.29, 1.82) is 0 Å². The summed E-state index contributed by atoms with van der Waals surface area (Å²) in [6.07, 6.45) is 3.84.